The van der Waals surface area contributed by atoms with Gasteiger partial charge in [-0.1, -0.05) is 72.6 Å². The summed E-state index contributed by atoms with van der Waals surface area (Å²) in [6.45, 7) is 15.3. The van der Waals surface area contributed by atoms with Crippen LogP contribution in [0.5, 0.6) is 11.5 Å². The highest BCUT2D eigenvalue weighted by atomic mass is 16.5. The van der Waals surface area contributed by atoms with Gasteiger partial charge >= 0.3 is 5.97 Å². The summed E-state index contributed by atoms with van der Waals surface area (Å²) >= 11 is 0. The van der Waals surface area contributed by atoms with Crippen molar-refractivity contribution in [2.75, 3.05) is 0 Å². The number of esters is 1. The summed E-state index contributed by atoms with van der Waals surface area (Å²) in [5.41, 5.74) is 2.13. The van der Waals surface area contributed by atoms with E-state index in [1.165, 1.54) is 58.3 Å². The largest absolute Gasteiger partial charge is 0.487 e. The Balaban J connectivity index is 1.71. The molecule has 3 nitrogen and oxygen atoms in total. The highest BCUT2D eigenvalue weighted by Crippen LogP contribution is 2.40. The Morgan fingerprint density at radius 1 is 1.00 bits per heavy atom. The molecule has 1 aromatic carbocycles. The van der Waals surface area contributed by atoms with Gasteiger partial charge in [0.25, 0.3) is 0 Å². The molecular formula is C29H48O3. The third-order valence-electron chi connectivity index (χ3n) is 7.13. The van der Waals surface area contributed by atoms with Crippen LogP contribution in [0.25, 0.3) is 0 Å². The molecule has 3 heteroatoms. The maximum atomic E-state index is 11.3. The normalized spacial score (nSPS) is 19.9. The van der Waals surface area contributed by atoms with Crippen LogP contribution in [0.4, 0.5) is 0 Å². The lowest BCUT2D eigenvalue weighted by Gasteiger charge is -2.37. The minimum atomic E-state index is -0.277. The van der Waals surface area contributed by atoms with E-state index in [0.717, 1.165) is 53.9 Å². The molecule has 0 bridgehead atoms. The maximum absolute atomic E-state index is 11.3. The first-order valence-electron chi connectivity index (χ1n) is 13.1. The third kappa shape index (κ3) is 9.16. The van der Waals surface area contributed by atoms with Crippen molar-refractivity contribution in [3.63, 3.8) is 0 Å². The Morgan fingerprint density at radius 2 is 1.59 bits per heavy atom. The second-order valence-electron chi connectivity index (χ2n) is 11.2. The number of hydrogen-bond acceptors (Lipinski definition) is 3. The first-order valence-corrected chi connectivity index (χ1v) is 13.1. The number of aryl methyl sites for hydroxylation is 2. The number of carbonyl (C=O) groups is 1. The first kappa shape index (κ1) is 26.7. The van der Waals surface area contributed by atoms with Crippen molar-refractivity contribution in [3.05, 3.63) is 23.3 Å². The van der Waals surface area contributed by atoms with Gasteiger partial charge in [-0.15, -0.1) is 0 Å². The van der Waals surface area contributed by atoms with Crippen molar-refractivity contribution in [2.24, 2.45) is 17.8 Å². The molecule has 0 aromatic heterocycles. The van der Waals surface area contributed by atoms with Crippen LogP contribution in [0.2, 0.25) is 0 Å². The fourth-order valence-corrected chi connectivity index (χ4v) is 5.04. The molecule has 0 spiro atoms. The number of rotatable bonds is 13. The smallest absolute Gasteiger partial charge is 0.308 e. The lowest BCUT2D eigenvalue weighted by Crippen LogP contribution is -2.36. The van der Waals surface area contributed by atoms with Gasteiger partial charge in [0.05, 0.1) is 0 Å². The molecule has 0 amide bonds. The van der Waals surface area contributed by atoms with Gasteiger partial charge in [0.15, 0.2) is 0 Å². The van der Waals surface area contributed by atoms with Gasteiger partial charge in [0, 0.05) is 6.92 Å². The molecule has 2 rings (SSSR count). The summed E-state index contributed by atoms with van der Waals surface area (Å²) < 4.78 is 11.8. The van der Waals surface area contributed by atoms with Crippen LogP contribution in [0.3, 0.4) is 0 Å². The summed E-state index contributed by atoms with van der Waals surface area (Å²) in [5, 5.41) is 0. The molecule has 0 unspecified atom stereocenters. The predicted octanol–water partition coefficient (Wildman–Crippen LogP) is 8.44. The molecule has 32 heavy (non-hydrogen) atoms. The van der Waals surface area contributed by atoms with E-state index in [-0.39, 0.29) is 11.6 Å². The molecule has 3 atom stereocenters. The molecule has 1 aliphatic heterocycles. The molecule has 0 N–H and O–H groups in total. The lowest BCUT2D eigenvalue weighted by atomic mass is 9.85. The van der Waals surface area contributed by atoms with Gasteiger partial charge in [0.1, 0.15) is 17.1 Å². The van der Waals surface area contributed by atoms with E-state index in [1.54, 1.807) is 0 Å². The monoisotopic (exact) mass is 444 g/mol. The van der Waals surface area contributed by atoms with Crippen LogP contribution in [-0.4, -0.2) is 11.6 Å². The van der Waals surface area contributed by atoms with E-state index in [9.17, 15) is 4.79 Å². The second-order valence-corrected chi connectivity index (χ2v) is 11.2. The van der Waals surface area contributed by atoms with Gasteiger partial charge in [-0.25, -0.2) is 0 Å². The van der Waals surface area contributed by atoms with Crippen molar-refractivity contribution in [1.29, 1.82) is 0 Å². The van der Waals surface area contributed by atoms with Crippen molar-refractivity contribution in [1.82, 2.24) is 0 Å². The van der Waals surface area contributed by atoms with E-state index in [4.69, 9.17) is 9.47 Å². The molecule has 0 aliphatic carbocycles. The zero-order valence-electron chi connectivity index (χ0n) is 21.9. The quantitative estimate of drug-likeness (QED) is 0.226. The van der Waals surface area contributed by atoms with Gasteiger partial charge in [-0.3, -0.25) is 4.79 Å². The molecule has 182 valence electrons. The summed E-state index contributed by atoms with van der Waals surface area (Å²) in [5.74, 6) is 3.86. The minimum Gasteiger partial charge on any atom is -0.487 e. The molecule has 1 heterocycles. The molecule has 0 radical (unpaired) electrons. The highest BCUT2D eigenvalue weighted by Gasteiger charge is 2.32. The molecule has 0 saturated heterocycles. The zero-order chi connectivity index (χ0) is 23.7. The fraction of sp³-hybridized carbons (Fsp3) is 0.759. The van der Waals surface area contributed by atoms with Crippen molar-refractivity contribution >= 4 is 5.97 Å². The Labute approximate surface area is 197 Å². The number of carbonyl (C=O) groups excluding carboxylic acids is 1. The fourth-order valence-electron chi connectivity index (χ4n) is 5.04. The Morgan fingerprint density at radius 3 is 2.19 bits per heavy atom. The SMILES string of the molecule is CC(=O)Oc1cc(C)c2c(c1)CC[C@@](C)(CCC[C@H](C)CCC[C@H](C)CCCC(C)C)O2. The molecule has 1 aromatic rings. The van der Waals surface area contributed by atoms with Crippen LogP contribution < -0.4 is 9.47 Å². The van der Waals surface area contributed by atoms with E-state index < -0.39 is 0 Å². The Kier molecular flexibility index (Phi) is 10.6. The maximum Gasteiger partial charge on any atom is 0.308 e. The number of fused-ring (bicyclic) bond motifs is 1. The highest BCUT2D eigenvalue weighted by molar-refractivity contribution is 5.69. The summed E-state index contributed by atoms with van der Waals surface area (Å²) in [6.07, 6.45) is 13.9. The Bertz CT molecular complexity index is 723. The zero-order valence-corrected chi connectivity index (χ0v) is 21.9. The average Bonchev–Trinajstić information content (AvgIpc) is 2.68. The van der Waals surface area contributed by atoms with Crippen molar-refractivity contribution < 1.29 is 14.3 Å². The third-order valence-corrected chi connectivity index (χ3v) is 7.13. The molecule has 0 fully saturated rings. The summed E-state index contributed by atoms with van der Waals surface area (Å²) in [7, 11) is 0. The Hall–Kier alpha value is -1.51. The van der Waals surface area contributed by atoms with Gasteiger partial charge in [-0.2, -0.15) is 0 Å². The van der Waals surface area contributed by atoms with Gasteiger partial charge in [-0.05, 0) is 80.5 Å². The van der Waals surface area contributed by atoms with E-state index in [1.807, 2.05) is 19.1 Å². The molecule has 1 aliphatic rings. The number of ether oxygens (including phenoxy) is 2. The summed E-state index contributed by atoms with van der Waals surface area (Å²) in [4.78, 5) is 11.3. The summed E-state index contributed by atoms with van der Waals surface area (Å²) in [6, 6.07) is 3.88. The van der Waals surface area contributed by atoms with Crippen LogP contribution in [0.1, 0.15) is 117 Å². The van der Waals surface area contributed by atoms with Crippen LogP contribution in [0, 0.1) is 24.7 Å². The van der Waals surface area contributed by atoms with Crippen molar-refractivity contribution in [2.45, 2.75) is 125 Å². The number of benzene rings is 1. The molecule has 0 saturated carbocycles. The van der Waals surface area contributed by atoms with E-state index in [2.05, 4.69) is 34.6 Å². The van der Waals surface area contributed by atoms with E-state index >= 15 is 0 Å². The van der Waals surface area contributed by atoms with E-state index in [0.29, 0.717) is 5.75 Å². The lowest BCUT2D eigenvalue weighted by molar-refractivity contribution is -0.131. The van der Waals surface area contributed by atoms with Gasteiger partial charge in [0.2, 0.25) is 0 Å². The second kappa shape index (κ2) is 12.7. The van der Waals surface area contributed by atoms with Crippen LogP contribution in [0.15, 0.2) is 12.1 Å². The predicted molar refractivity (Wildman–Crippen MR) is 135 cm³/mol. The number of hydrogen-bond donors (Lipinski definition) is 0. The van der Waals surface area contributed by atoms with Crippen molar-refractivity contribution in [3.8, 4) is 11.5 Å². The average molecular weight is 445 g/mol. The first-order chi connectivity index (χ1) is 15.1. The standard InChI is InChI=1S/C29H48O3/c1-21(2)11-8-12-22(3)13-9-14-23(4)15-10-17-29(7)18-16-26-20-27(31-25(6)30)19-24(5)28(26)32-29/h19-23H,8-18H2,1-7H3/t22-,23-,29-/m1/s1. The molecular weight excluding hydrogens is 396 g/mol. The van der Waals surface area contributed by atoms with Crippen LogP contribution >= 0.6 is 0 Å². The van der Waals surface area contributed by atoms with Crippen LogP contribution in [-0.2, 0) is 11.2 Å². The topological polar surface area (TPSA) is 35.5 Å². The van der Waals surface area contributed by atoms with Gasteiger partial charge < -0.3 is 9.47 Å². The minimum absolute atomic E-state index is 0.0919.